The number of benzene rings is 2. The third kappa shape index (κ3) is 5.11. The number of anilines is 1. The first-order valence-electron chi connectivity index (χ1n) is 8.24. The summed E-state index contributed by atoms with van der Waals surface area (Å²) in [6.45, 7) is 2.63. The zero-order chi connectivity index (χ0) is 18.9. The predicted molar refractivity (Wildman–Crippen MR) is 101 cm³/mol. The van der Waals surface area contributed by atoms with Gasteiger partial charge < -0.3 is 20.5 Å². The van der Waals surface area contributed by atoms with Crippen molar-refractivity contribution in [3.05, 3.63) is 59.7 Å². The molecule has 0 aliphatic rings. The second kappa shape index (κ2) is 9.27. The van der Waals surface area contributed by atoms with E-state index in [0.29, 0.717) is 23.8 Å². The van der Waals surface area contributed by atoms with Crippen molar-refractivity contribution in [2.45, 2.75) is 13.3 Å². The average Bonchev–Trinajstić information content (AvgIpc) is 2.65. The fourth-order valence-electron chi connectivity index (χ4n) is 2.27. The van der Waals surface area contributed by atoms with Gasteiger partial charge in [0.15, 0.2) is 11.5 Å². The number of hydrogen-bond donors (Lipinski definition) is 2. The Morgan fingerprint density at radius 2 is 1.92 bits per heavy atom. The minimum absolute atomic E-state index is 0.258. The molecule has 6 heteroatoms. The minimum Gasteiger partial charge on any atom is -0.493 e. The summed E-state index contributed by atoms with van der Waals surface area (Å²) in [5.41, 5.74) is 6.71. The predicted octanol–water partition coefficient (Wildman–Crippen LogP) is 3.23. The van der Waals surface area contributed by atoms with Crippen LogP contribution in [0.5, 0.6) is 11.5 Å². The highest BCUT2D eigenvalue weighted by molar-refractivity contribution is 6.07. The van der Waals surface area contributed by atoms with Crippen molar-refractivity contribution in [2.24, 2.45) is 5.73 Å². The van der Waals surface area contributed by atoms with Crippen LogP contribution in [-0.4, -0.2) is 25.5 Å². The quantitative estimate of drug-likeness (QED) is 0.712. The molecule has 0 radical (unpaired) electrons. The molecule has 0 atom stereocenters. The maximum atomic E-state index is 12.1. The van der Waals surface area contributed by atoms with Crippen LogP contribution in [0.25, 0.3) is 6.08 Å². The van der Waals surface area contributed by atoms with E-state index in [4.69, 9.17) is 15.2 Å². The van der Waals surface area contributed by atoms with Gasteiger partial charge in [0.1, 0.15) is 0 Å². The molecule has 0 aliphatic heterocycles. The molecule has 2 aromatic carbocycles. The normalized spacial score (nSPS) is 10.5. The number of amides is 2. The minimum atomic E-state index is -0.600. The summed E-state index contributed by atoms with van der Waals surface area (Å²) in [4.78, 5) is 23.5. The van der Waals surface area contributed by atoms with Crippen LogP contribution in [0.3, 0.4) is 0 Å². The number of para-hydroxylation sites is 1. The Bertz CT molecular complexity index is 815. The molecule has 2 aromatic rings. The van der Waals surface area contributed by atoms with E-state index in [1.165, 1.54) is 6.08 Å². The van der Waals surface area contributed by atoms with E-state index in [1.807, 2.05) is 13.0 Å². The molecule has 0 bridgehead atoms. The van der Waals surface area contributed by atoms with Gasteiger partial charge in [-0.2, -0.15) is 0 Å². The zero-order valence-corrected chi connectivity index (χ0v) is 14.8. The zero-order valence-electron chi connectivity index (χ0n) is 14.8. The second-order valence-corrected chi connectivity index (χ2v) is 5.49. The summed E-state index contributed by atoms with van der Waals surface area (Å²) in [6, 6.07) is 12.0. The van der Waals surface area contributed by atoms with Crippen LogP contribution in [0, 0.1) is 0 Å². The maximum Gasteiger partial charge on any atom is 0.250 e. The lowest BCUT2D eigenvalue weighted by Gasteiger charge is -2.10. The first-order valence-corrected chi connectivity index (χ1v) is 8.24. The fraction of sp³-hybridized carbons (Fsp3) is 0.200. The number of rotatable bonds is 8. The third-order valence-corrected chi connectivity index (χ3v) is 3.53. The number of nitrogens with one attached hydrogen (secondary N) is 1. The van der Waals surface area contributed by atoms with Gasteiger partial charge in [0.2, 0.25) is 5.91 Å². The van der Waals surface area contributed by atoms with Gasteiger partial charge in [-0.15, -0.1) is 0 Å². The largest absolute Gasteiger partial charge is 0.493 e. The number of carbonyl (C=O) groups is 2. The Balaban J connectivity index is 2.09. The molecule has 136 valence electrons. The maximum absolute atomic E-state index is 12.1. The standard InChI is InChI=1S/C20H22N2O4/c1-3-12-26-17-10-8-14(13-18(17)25-2)9-11-19(23)22-16-7-5-4-6-15(16)20(21)24/h4-11,13H,3,12H2,1-2H3,(H2,21,24)(H,22,23)/b11-9+. The average molecular weight is 354 g/mol. The number of ether oxygens (including phenoxy) is 2. The molecule has 0 fully saturated rings. The highest BCUT2D eigenvalue weighted by atomic mass is 16.5. The Kier molecular flexibility index (Phi) is 6.79. The van der Waals surface area contributed by atoms with Crippen LogP contribution >= 0.6 is 0 Å². The SMILES string of the molecule is CCCOc1ccc(/C=C/C(=O)Nc2ccccc2C(N)=O)cc1OC. The van der Waals surface area contributed by atoms with Gasteiger partial charge in [0, 0.05) is 6.08 Å². The molecule has 2 rings (SSSR count). The van der Waals surface area contributed by atoms with E-state index < -0.39 is 5.91 Å². The summed E-state index contributed by atoms with van der Waals surface area (Å²) in [5, 5.41) is 2.65. The van der Waals surface area contributed by atoms with E-state index in [2.05, 4.69) is 5.32 Å². The van der Waals surface area contributed by atoms with Crippen LogP contribution in [0.4, 0.5) is 5.69 Å². The molecular formula is C20H22N2O4. The Morgan fingerprint density at radius 1 is 1.15 bits per heavy atom. The van der Waals surface area contributed by atoms with E-state index in [1.54, 1.807) is 49.6 Å². The summed E-state index contributed by atoms with van der Waals surface area (Å²) < 4.78 is 10.9. The summed E-state index contributed by atoms with van der Waals surface area (Å²) in [6.07, 6.45) is 3.92. The summed E-state index contributed by atoms with van der Waals surface area (Å²) in [5.74, 6) is 0.285. The molecule has 6 nitrogen and oxygen atoms in total. The van der Waals surface area contributed by atoms with Crippen molar-refractivity contribution in [1.29, 1.82) is 0 Å². The summed E-state index contributed by atoms with van der Waals surface area (Å²) in [7, 11) is 1.56. The highest BCUT2D eigenvalue weighted by Gasteiger charge is 2.09. The number of nitrogens with two attached hydrogens (primary N) is 1. The summed E-state index contributed by atoms with van der Waals surface area (Å²) >= 11 is 0. The van der Waals surface area contributed by atoms with Crippen molar-refractivity contribution in [3.8, 4) is 11.5 Å². The van der Waals surface area contributed by atoms with Gasteiger partial charge in [-0.25, -0.2) is 0 Å². The Morgan fingerprint density at radius 3 is 2.62 bits per heavy atom. The van der Waals surface area contributed by atoms with Crippen LogP contribution in [0.2, 0.25) is 0 Å². The van der Waals surface area contributed by atoms with Gasteiger partial charge in [-0.05, 0) is 42.3 Å². The lowest BCUT2D eigenvalue weighted by atomic mass is 10.1. The monoisotopic (exact) mass is 354 g/mol. The molecule has 0 saturated heterocycles. The van der Waals surface area contributed by atoms with Gasteiger partial charge in [-0.1, -0.05) is 25.1 Å². The molecule has 0 heterocycles. The number of methoxy groups -OCH3 is 1. The molecule has 0 unspecified atom stereocenters. The van der Waals surface area contributed by atoms with E-state index >= 15 is 0 Å². The molecule has 2 amide bonds. The fourth-order valence-corrected chi connectivity index (χ4v) is 2.27. The van der Waals surface area contributed by atoms with Gasteiger partial charge in [0.25, 0.3) is 5.91 Å². The van der Waals surface area contributed by atoms with Gasteiger partial charge in [0.05, 0.1) is 25.0 Å². The molecular weight excluding hydrogens is 332 g/mol. The van der Waals surface area contributed by atoms with Crippen LogP contribution in [-0.2, 0) is 4.79 Å². The molecule has 0 aliphatic carbocycles. The van der Waals surface area contributed by atoms with E-state index in [9.17, 15) is 9.59 Å². The first-order chi connectivity index (χ1) is 12.5. The molecule has 3 N–H and O–H groups in total. The Labute approximate surface area is 152 Å². The van der Waals surface area contributed by atoms with Crippen molar-refractivity contribution in [1.82, 2.24) is 0 Å². The number of carbonyl (C=O) groups excluding carboxylic acids is 2. The topological polar surface area (TPSA) is 90.6 Å². The van der Waals surface area contributed by atoms with Crippen molar-refractivity contribution in [2.75, 3.05) is 19.0 Å². The van der Waals surface area contributed by atoms with Crippen LogP contribution in [0.15, 0.2) is 48.5 Å². The molecule has 0 saturated carbocycles. The lowest BCUT2D eigenvalue weighted by molar-refractivity contribution is -0.111. The Hall–Kier alpha value is -3.28. The van der Waals surface area contributed by atoms with Crippen molar-refractivity contribution in [3.63, 3.8) is 0 Å². The van der Waals surface area contributed by atoms with Gasteiger partial charge in [-0.3, -0.25) is 9.59 Å². The second-order valence-electron chi connectivity index (χ2n) is 5.49. The van der Waals surface area contributed by atoms with Crippen molar-refractivity contribution >= 4 is 23.6 Å². The molecule has 0 spiro atoms. The lowest BCUT2D eigenvalue weighted by Crippen LogP contribution is -2.16. The van der Waals surface area contributed by atoms with Crippen molar-refractivity contribution < 1.29 is 19.1 Å². The molecule has 0 aromatic heterocycles. The van der Waals surface area contributed by atoms with Crippen LogP contribution in [0.1, 0.15) is 29.3 Å². The van der Waals surface area contributed by atoms with E-state index in [0.717, 1.165) is 12.0 Å². The van der Waals surface area contributed by atoms with E-state index in [-0.39, 0.29) is 11.5 Å². The number of primary amides is 1. The number of hydrogen-bond acceptors (Lipinski definition) is 4. The smallest absolute Gasteiger partial charge is 0.250 e. The molecule has 26 heavy (non-hydrogen) atoms. The first kappa shape index (κ1) is 19.1. The third-order valence-electron chi connectivity index (χ3n) is 3.53. The highest BCUT2D eigenvalue weighted by Crippen LogP contribution is 2.28. The van der Waals surface area contributed by atoms with Crippen LogP contribution < -0.4 is 20.5 Å². The van der Waals surface area contributed by atoms with Gasteiger partial charge >= 0.3 is 0 Å².